The fourth-order valence-corrected chi connectivity index (χ4v) is 0.0955. The van der Waals surface area contributed by atoms with Gasteiger partial charge in [-0.15, -0.1) is 0 Å². The van der Waals surface area contributed by atoms with Crippen LogP contribution in [0.5, 0.6) is 0 Å². The van der Waals surface area contributed by atoms with Crippen molar-refractivity contribution in [1.82, 2.24) is 0 Å². The summed E-state index contributed by atoms with van der Waals surface area (Å²) in [4.78, 5) is 19.1. The summed E-state index contributed by atoms with van der Waals surface area (Å²) in [5.74, 6) is -0.727. The molecule has 0 unspecified atom stereocenters. The Labute approximate surface area is 40.6 Å². The van der Waals surface area contributed by atoms with E-state index in [0.29, 0.717) is 0 Å². The van der Waals surface area contributed by atoms with Gasteiger partial charge in [-0.05, 0) is 0 Å². The molecule has 0 aromatic heterocycles. The second kappa shape index (κ2) is 3.08. The van der Waals surface area contributed by atoms with Crippen molar-refractivity contribution in [3.05, 3.63) is 12.7 Å². The van der Waals surface area contributed by atoms with E-state index < -0.39 is 5.97 Å². The first-order chi connectivity index (χ1) is 3.31. The van der Waals surface area contributed by atoms with Crippen molar-refractivity contribution < 1.29 is 14.3 Å². The summed E-state index contributed by atoms with van der Waals surface area (Å²) in [5.41, 5.74) is 0. The van der Waals surface area contributed by atoms with E-state index >= 15 is 0 Å². The van der Waals surface area contributed by atoms with Gasteiger partial charge in [-0.1, -0.05) is 6.58 Å². The van der Waals surface area contributed by atoms with Crippen LogP contribution in [0.4, 0.5) is 0 Å². The fourth-order valence-electron chi connectivity index (χ4n) is 0.0955. The Hall–Kier alpha value is -1.12. The number of ether oxygens (including phenoxy) is 1. The van der Waals surface area contributed by atoms with E-state index in [-0.39, 0.29) is 6.47 Å². The average molecular weight is 100 g/mol. The number of hydrogen-bond acceptors (Lipinski definition) is 3. The minimum absolute atomic E-state index is 0.0595. The van der Waals surface area contributed by atoms with Crippen molar-refractivity contribution in [3.63, 3.8) is 0 Å². The van der Waals surface area contributed by atoms with Crippen LogP contribution in [0, 0.1) is 0 Å². The normalized spacial score (nSPS) is 6.86. The van der Waals surface area contributed by atoms with Gasteiger partial charge < -0.3 is 4.74 Å². The van der Waals surface area contributed by atoms with Crippen LogP contribution in [-0.2, 0) is 14.3 Å². The average Bonchev–Trinajstić information content (AvgIpc) is 1.68. The third-order valence-electron chi connectivity index (χ3n) is 0.331. The van der Waals surface area contributed by atoms with E-state index in [0.717, 1.165) is 6.08 Å². The monoisotopic (exact) mass is 100 g/mol. The van der Waals surface area contributed by atoms with Crippen molar-refractivity contribution in [3.8, 4) is 0 Å². The molecule has 0 fully saturated rings. The van der Waals surface area contributed by atoms with Gasteiger partial charge in [-0.3, -0.25) is 4.79 Å². The summed E-state index contributed by atoms with van der Waals surface area (Å²) >= 11 is 0. The minimum Gasteiger partial charge on any atom is -0.392 e. The minimum atomic E-state index is -0.727. The van der Waals surface area contributed by atoms with E-state index in [9.17, 15) is 9.59 Å². The quantitative estimate of drug-likeness (QED) is 0.210. The molecule has 0 N–H and O–H groups in total. The Morgan fingerprint density at radius 2 is 2.29 bits per heavy atom. The first-order valence-corrected chi connectivity index (χ1v) is 1.58. The molecular formula is C4H4O3. The maximum absolute atomic E-state index is 9.84. The van der Waals surface area contributed by atoms with Crippen molar-refractivity contribution in [1.29, 1.82) is 0 Å². The summed E-state index contributed by atoms with van der Waals surface area (Å²) in [5, 5.41) is 0. The van der Waals surface area contributed by atoms with Crippen LogP contribution in [0.15, 0.2) is 12.7 Å². The summed E-state index contributed by atoms with van der Waals surface area (Å²) in [6.45, 7) is 3.11. The van der Waals surface area contributed by atoms with E-state index in [1.165, 1.54) is 0 Å². The molecular weight excluding hydrogens is 96.0 g/mol. The number of carbonyl (C=O) groups is 2. The standard InChI is InChI=1S/C4H4O3/c1-2-4(6)7-3-5/h2-3H,1H2. The zero-order valence-corrected chi connectivity index (χ0v) is 3.59. The molecule has 0 amide bonds. The van der Waals surface area contributed by atoms with Crippen LogP contribution >= 0.6 is 0 Å². The second-order valence-corrected chi connectivity index (χ2v) is 0.737. The molecule has 0 radical (unpaired) electrons. The molecule has 0 rings (SSSR count). The van der Waals surface area contributed by atoms with Crippen molar-refractivity contribution >= 4 is 12.4 Å². The van der Waals surface area contributed by atoms with Gasteiger partial charge in [0.25, 0.3) is 0 Å². The Kier molecular flexibility index (Phi) is 2.59. The van der Waals surface area contributed by atoms with Gasteiger partial charge in [0, 0.05) is 6.08 Å². The zero-order valence-electron chi connectivity index (χ0n) is 3.59. The zero-order chi connectivity index (χ0) is 5.70. The molecule has 0 bridgehead atoms. The van der Waals surface area contributed by atoms with Crippen LogP contribution in [0.25, 0.3) is 0 Å². The molecule has 0 aliphatic heterocycles. The lowest BCUT2D eigenvalue weighted by Gasteiger charge is -1.81. The Morgan fingerprint density at radius 1 is 1.71 bits per heavy atom. The highest BCUT2D eigenvalue weighted by Gasteiger charge is 1.87. The third-order valence-corrected chi connectivity index (χ3v) is 0.331. The molecule has 7 heavy (non-hydrogen) atoms. The molecule has 0 spiro atoms. The van der Waals surface area contributed by atoms with E-state index in [1.54, 1.807) is 0 Å². The predicted molar refractivity (Wildman–Crippen MR) is 22.4 cm³/mol. The van der Waals surface area contributed by atoms with Crippen LogP contribution < -0.4 is 0 Å². The molecule has 3 heteroatoms. The van der Waals surface area contributed by atoms with Crippen molar-refractivity contribution in [2.45, 2.75) is 0 Å². The largest absolute Gasteiger partial charge is 0.392 e. The van der Waals surface area contributed by atoms with E-state index in [4.69, 9.17) is 0 Å². The lowest BCUT2D eigenvalue weighted by atomic mass is 10.7. The van der Waals surface area contributed by atoms with Crippen molar-refractivity contribution in [2.24, 2.45) is 0 Å². The van der Waals surface area contributed by atoms with Crippen LogP contribution in [0.3, 0.4) is 0 Å². The maximum Gasteiger partial charge on any atom is 0.337 e. The molecule has 0 aromatic rings. The molecule has 0 aliphatic rings. The summed E-state index contributed by atoms with van der Waals surface area (Å²) in [6.07, 6.45) is 0.911. The molecule has 0 saturated carbocycles. The highest BCUT2D eigenvalue weighted by molar-refractivity contribution is 5.85. The van der Waals surface area contributed by atoms with E-state index in [1.807, 2.05) is 0 Å². The van der Waals surface area contributed by atoms with E-state index in [2.05, 4.69) is 11.3 Å². The number of carbonyl (C=O) groups excluding carboxylic acids is 2. The molecule has 0 saturated heterocycles. The Morgan fingerprint density at radius 3 is 2.43 bits per heavy atom. The van der Waals surface area contributed by atoms with Gasteiger partial charge in [0.15, 0.2) is 0 Å². The number of rotatable bonds is 2. The lowest BCUT2D eigenvalue weighted by Crippen LogP contribution is -1.95. The van der Waals surface area contributed by atoms with Crippen LogP contribution in [0.2, 0.25) is 0 Å². The third kappa shape index (κ3) is 2.69. The first-order valence-electron chi connectivity index (χ1n) is 1.58. The lowest BCUT2D eigenvalue weighted by molar-refractivity contribution is -0.147. The summed E-state index contributed by atoms with van der Waals surface area (Å²) < 4.78 is 3.75. The smallest absolute Gasteiger partial charge is 0.337 e. The van der Waals surface area contributed by atoms with Crippen LogP contribution in [0.1, 0.15) is 0 Å². The second-order valence-electron chi connectivity index (χ2n) is 0.737. The molecule has 0 aliphatic carbocycles. The fraction of sp³-hybridized carbons (Fsp3) is 0. The highest BCUT2D eigenvalue weighted by Crippen LogP contribution is 1.69. The first kappa shape index (κ1) is 5.88. The van der Waals surface area contributed by atoms with Gasteiger partial charge in [-0.2, -0.15) is 0 Å². The molecule has 0 atom stereocenters. The number of hydrogen-bond donors (Lipinski definition) is 0. The van der Waals surface area contributed by atoms with Gasteiger partial charge in [-0.25, -0.2) is 4.79 Å². The number of esters is 1. The van der Waals surface area contributed by atoms with Gasteiger partial charge in [0.1, 0.15) is 0 Å². The van der Waals surface area contributed by atoms with Crippen LogP contribution in [-0.4, -0.2) is 12.4 Å². The molecule has 3 nitrogen and oxygen atoms in total. The SMILES string of the molecule is C=CC(=O)OC=O. The predicted octanol–water partition coefficient (Wildman–Crippen LogP) is -0.128. The summed E-state index contributed by atoms with van der Waals surface area (Å²) in [6, 6.07) is 0. The molecule has 38 valence electrons. The van der Waals surface area contributed by atoms with Crippen molar-refractivity contribution in [2.75, 3.05) is 0 Å². The van der Waals surface area contributed by atoms with Gasteiger partial charge >= 0.3 is 12.4 Å². The highest BCUT2D eigenvalue weighted by atomic mass is 16.6. The molecule has 0 aromatic carbocycles. The van der Waals surface area contributed by atoms with Gasteiger partial charge in [0.05, 0.1) is 0 Å². The maximum atomic E-state index is 9.84. The summed E-state index contributed by atoms with van der Waals surface area (Å²) in [7, 11) is 0. The van der Waals surface area contributed by atoms with Gasteiger partial charge in [0.2, 0.25) is 0 Å². The topological polar surface area (TPSA) is 43.4 Å². The Bertz CT molecular complexity index is 95.1. The Balaban J connectivity index is 3.36. The molecule has 0 heterocycles.